The Morgan fingerprint density at radius 1 is 0.867 bits per heavy atom. The van der Waals surface area contributed by atoms with Crippen LogP contribution >= 0.6 is 0 Å². The van der Waals surface area contributed by atoms with Gasteiger partial charge in [-0.05, 0) is 48.9 Å². The predicted molar refractivity (Wildman–Crippen MR) is 67.4 cm³/mol. The van der Waals surface area contributed by atoms with Gasteiger partial charge in [-0.15, -0.1) is 0 Å². The zero-order valence-electron chi connectivity index (χ0n) is 10.5. The summed E-state index contributed by atoms with van der Waals surface area (Å²) < 4.78 is 0. The first-order valence-electron chi connectivity index (χ1n) is 6.17. The summed E-state index contributed by atoms with van der Waals surface area (Å²) in [5.41, 5.74) is 2.77. The van der Waals surface area contributed by atoms with Crippen LogP contribution in [0.1, 0.15) is 51.7 Å². The molecule has 0 unspecified atom stereocenters. The van der Waals surface area contributed by atoms with E-state index in [9.17, 15) is 5.11 Å². The van der Waals surface area contributed by atoms with Crippen LogP contribution in [0.3, 0.4) is 0 Å². The molecule has 0 bridgehead atoms. The van der Waals surface area contributed by atoms with E-state index in [2.05, 4.69) is 0 Å². The van der Waals surface area contributed by atoms with Crippen molar-refractivity contribution in [2.75, 3.05) is 0 Å². The zero-order valence-corrected chi connectivity index (χ0v) is 10.5. The smallest absolute Gasteiger partial charge is 0.115 e. The molecule has 1 aliphatic rings. The number of aryl methyl sites for hydroxylation is 2. The van der Waals surface area contributed by atoms with E-state index >= 15 is 0 Å². The van der Waals surface area contributed by atoms with E-state index in [-0.39, 0.29) is 0 Å². The minimum absolute atomic E-state index is 0.408. The molecule has 0 aromatic heterocycles. The molecule has 1 aliphatic carbocycles. The highest BCUT2D eigenvalue weighted by atomic mass is 16.3. The maximum Gasteiger partial charge on any atom is 0.115 e. The van der Waals surface area contributed by atoms with Gasteiger partial charge in [0.2, 0.25) is 0 Å². The normalized spacial score (nSPS) is 12.5. The molecule has 0 atom stereocenters. The number of fused-ring (bicyclic) bond motifs is 1. The largest absolute Gasteiger partial charge is 0.508 e. The summed E-state index contributed by atoms with van der Waals surface area (Å²) in [5.74, 6) is 0.408. The Balaban J connectivity index is 0.000000442. The summed E-state index contributed by atoms with van der Waals surface area (Å²) in [6.07, 6.45) is 4.91. The Labute approximate surface area is 94.2 Å². The van der Waals surface area contributed by atoms with E-state index < -0.39 is 0 Å². The van der Waals surface area contributed by atoms with Crippen molar-refractivity contribution in [3.05, 3.63) is 29.3 Å². The van der Waals surface area contributed by atoms with E-state index in [1.165, 1.54) is 30.4 Å². The van der Waals surface area contributed by atoms with E-state index in [1.54, 1.807) is 6.07 Å². The summed E-state index contributed by atoms with van der Waals surface area (Å²) in [6, 6.07) is 5.72. The van der Waals surface area contributed by atoms with Gasteiger partial charge in [-0.2, -0.15) is 0 Å². The second kappa shape index (κ2) is 8.34. The van der Waals surface area contributed by atoms with Crippen LogP contribution in [0.25, 0.3) is 0 Å². The van der Waals surface area contributed by atoms with Gasteiger partial charge in [-0.3, -0.25) is 0 Å². The molecular weight excluding hydrogens is 184 g/mol. The molecule has 1 aromatic rings. The van der Waals surface area contributed by atoms with Gasteiger partial charge in [0.05, 0.1) is 0 Å². The third kappa shape index (κ3) is 4.37. The average Bonchev–Trinajstić information content (AvgIpc) is 2.34. The fraction of sp³-hybridized carbons (Fsp3) is 0.571. The van der Waals surface area contributed by atoms with E-state index in [1.807, 2.05) is 39.8 Å². The van der Waals surface area contributed by atoms with E-state index in [0.717, 1.165) is 6.42 Å². The van der Waals surface area contributed by atoms with Crippen molar-refractivity contribution in [3.8, 4) is 5.75 Å². The molecule has 15 heavy (non-hydrogen) atoms. The fourth-order valence-electron chi connectivity index (χ4n) is 1.72. The number of hydrogen-bond donors (Lipinski definition) is 1. The molecule has 0 saturated heterocycles. The molecule has 2 rings (SSSR count). The van der Waals surface area contributed by atoms with E-state index in [4.69, 9.17) is 0 Å². The lowest BCUT2D eigenvalue weighted by Gasteiger charge is -2.14. The first kappa shape index (κ1) is 14.0. The molecule has 0 aliphatic heterocycles. The Hall–Kier alpha value is -0.980. The first-order chi connectivity index (χ1) is 7.36. The van der Waals surface area contributed by atoms with Crippen molar-refractivity contribution in [1.82, 2.24) is 0 Å². The van der Waals surface area contributed by atoms with Crippen LogP contribution < -0.4 is 0 Å². The average molecular weight is 208 g/mol. The number of rotatable bonds is 0. The Kier molecular flexibility index (Phi) is 7.79. The minimum Gasteiger partial charge on any atom is -0.508 e. The highest BCUT2D eigenvalue weighted by molar-refractivity contribution is 5.36. The van der Waals surface area contributed by atoms with Crippen LogP contribution in [0.4, 0.5) is 0 Å². The van der Waals surface area contributed by atoms with Gasteiger partial charge >= 0.3 is 0 Å². The van der Waals surface area contributed by atoms with Gasteiger partial charge in [0.25, 0.3) is 0 Å². The van der Waals surface area contributed by atoms with Gasteiger partial charge in [0.15, 0.2) is 0 Å². The first-order valence-corrected chi connectivity index (χ1v) is 6.17. The molecule has 0 spiro atoms. The molecule has 0 fully saturated rings. The highest BCUT2D eigenvalue weighted by Crippen LogP contribution is 2.24. The van der Waals surface area contributed by atoms with Gasteiger partial charge in [-0.1, -0.05) is 33.8 Å². The molecule has 1 nitrogen and oxygen atoms in total. The number of phenolic OH excluding ortho intramolecular Hbond substituents is 1. The SMILES string of the molecule is CC.CC.Oc1ccc2c(c1)CCCC2. The molecule has 0 radical (unpaired) electrons. The molecule has 1 N–H and O–H groups in total. The van der Waals surface area contributed by atoms with Crippen molar-refractivity contribution < 1.29 is 5.11 Å². The van der Waals surface area contributed by atoms with Crippen molar-refractivity contribution in [3.63, 3.8) is 0 Å². The van der Waals surface area contributed by atoms with Gasteiger partial charge in [0, 0.05) is 0 Å². The van der Waals surface area contributed by atoms with Crippen molar-refractivity contribution in [2.24, 2.45) is 0 Å². The monoisotopic (exact) mass is 208 g/mol. The standard InChI is InChI=1S/C10H12O.2C2H6/c11-10-6-5-8-3-1-2-4-9(8)7-10;2*1-2/h5-7,11H,1-4H2;2*1-2H3. The summed E-state index contributed by atoms with van der Waals surface area (Å²) in [6.45, 7) is 8.00. The molecule has 1 heteroatoms. The third-order valence-electron chi connectivity index (χ3n) is 2.33. The fourth-order valence-corrected chi connectivity index (χ4v) is 1.72. The topological polar surface area (TPSA) is 20.2 Å². The van der Waals surface area contributed by atoms with Crippen LogP contribution in [0.5, 0.6) is 5.75 Å². The molecule has 86 valence electrons. The van der Waals surface area contributed by atoms with Gasteiger partial charge in [-0.25, -0.2) is 0 Å². The number of hydrogen-bond acceptors (Lipinski definition) is 1. The number of phenols is 1. The van der Waals surface area contributed by atoms with Crippen molar-refractivity contribution >= 4 is 0 Å². The third-order valence-corrected chi connectivity index (χ3v) is 2.33. The lowest BCUT2D eigenvalue weighted by atomic mass is 9.92. The molecule has 1 aromatic carbocycles. The summed E-state index contributed by atoms with van der Waals surface area (Å²) in [4.78, 5) is 0. The van der Waals surface area contributed by atoms with Crippen LogP contribution in [-0.2, 0) is 12.8 Å². The maximum atomic E-state index is 9.19. The lowest BCUT2D eigenvalue weighted by molar-refractivity contribution is 0.473. The lowest BCUT2D eigenvalue weighted by Crippen LogP contribution is -2.01. The second-order valence-electron chi connectivity index (χ2n) is 3.16. The summed E-state index contributed by atoms with van der Waals surface area (Å²) in [7, 11) is 0. The van der Waals surface area contributed by atoms with Crippen LogP contribution in [-0.4, -0.2) is 5.11 Å². The second-order valence-corrected chi connectivity index (χ2v) is 3.16. The van der Waals surface area contributed by atoms with Crippen molar-refractivity contribution in [1.29, 1.82) is 0 Å². The van der Waals surface area contributed by atoms with Crippen molar-refractivity contribution in [2.45, 2.75) is 53.4 Å². The van der Waals surface area contributed by atoms with E-state index in [0.29, 0.717) is 5.75 Å². The van der Waals surface area contributed by atoms with Crippen LogP contribution in [0, 0.1) is 0 Å². The van der Waals surface area contributed by atoms with Gasteiger partial charge < -0.3 is 5.11 Å². The molecular formula is C14H24O. The quantitative estimate of drug-likeness (QED) is 0.673. The maximum absolute atomic E-state index is 9.19. The Morgan fingerprint density at radius 3 is 2.00 bits per heavy atom. The number of aromatic hydroxyl groups is 1. The Morgan fingerprint density at radius 2 is 1.40 bits per heavy atom. The number of benzene rings is 1. The minimum atomic E-state index is 0.408. The predicted octanol–water partition coefficient (Wildman–Crippen LogP) is 4.32. The highest BCUT2D eigenvalue weighted by Gasteiger charge is 2.08. The molecule has 0 saturated carbocycles. The summed E-state index contributed by atoms with van der Waals surface area (Å²) in [5, 5.41) is 9.19. The zero-order chi connectivity index (χ0) is 11.7. The van der Waals surface area contributed by atoms with Crippen LogP contribution in [0.15, 0.2) is 18.2 Å². The van der Waals surface area contributed by atoms with Crippen LogP contribution in [0.2, 0.25) is 0 Å². The summed E-state index contributed by atoms with van der Waals surface area (Å²) >= 11 is 0. The Bertz CT molecular complexity index is 266. The molecule has 0 heterocycles. The molecule has 0 amide bonds. The van der Waals surface area contributed by atoms with Gasteiger partial charge in [0.1, 0.15) is 5.75 Å².